The molecule has 75 valence electrons. The fourth-order valence-corrected chi connectivity index (χ4v) is 1.74. The number of hydrogen-bond acceptors (Lipinski definition) is 0. The molecule has 0 fully saturated rings. The highest BCUT2D eigenvalue weighted by molar-refractivity contribution is 6.34. The zero-order valence-corrected chi connectivity index (χ0v) is 10.6. The van der Waals surface area contributed by atoms with Crippen LogP contribution in [0.3, 0.4) is 0 Å². The van der Waals surface area contributed by atoms with E-state index >= 15 is 0 Å². The van der Waals surface area contributed by atoms with Gasteiger partial charge in [-0.1, -0.05) is 49.7 Å². The van der Waals surface area contributed by atoms with E-state index in [0.29, 0.717) is 5.41 Å². The number of rotatable bonds is 2. The van der Waals surface area contributed by atoms with Crippen molar-refractivity contribution in [2.24, 2.45) is 5.41 Å². The van der Waals surface area contributed by atoms with Gasteiger partial charge in [0.25, 0.3) is 0 Å². The van der Waals surface area contributed by atoms with Crippen molar-refractivity contribution in [2.45, 2.75) is 40.5 Å². The van der Waals surface area contributed by atoms with E-state index in [1.807, 2.05) is 0 Å². The molecule has 1 aromatic carbocycles. The average Bonchev–Trinajstić information content (AvgIpc) is 2.06. The number of hydrogen-bond donors (Lipinski definition) is 0. The molecule has 0 N–H and O–H groups in total. The minimum atomic E-state index is 0.419. The lowest BCUT2D eigenvalue weighted by Crippen LogP contribution is -2.16. The largest absolute Gasteiger partial charge is 0.0719 e. The predicted octanol–water partition coefficient (Wildman–Crippen LogP) is 2.77. The molecule has 1 aromatic rings. The molecule has 0 spiro atoms. The normalized spacial score (nSPS) is 11.8. The van der Waals surface area contributed by atoms with Crippen LogP contribution >= 0.6 is 0 Å². The van der Waals surface area contributed by atoms with Crippen molar-refractivity contribution in [2.75, 3.05) is 0 Å². The fraction of sp³-hybridized carbons (Fsp3) is 0.538. The lowest BCUT2D eigenvalue weighted by atomic mass is 9.88. The van der Waals surface area contributed by atoms with Gasteiger partial charge in [0.15, 0.2) is 0 Å². The second-order valence-electron chi connectivity index (χ2n) is 5.17. The van der Waals surface area contributed by atoms with Gasteiger partial charge >= 0.3 is 0 Å². The summed E-state index contributed by atoms with van der Waals surface area (Å²) in [5.74, 6) is 0. The van der Waals surface area contributed by atoms with Gasteiger partial charge < -0.3 is 0 Å². The van der Waals surface area contributed by atoms with E-state index in [2.05, 4.69) is 56.1 Å². The van der Waals surface area contributed by atoms with Crippen molar-refractivity contribution < 1.29 is 0 Å². The first-order valence-corrected chi connectivity index (χ1v) is 5.70. The average molecular weight is 203 g/mol. The molecule has 0 aliphatic rings. The standard InChI is InChI=1S/C13H19Si/c1-10-6-5-7-11(12(10)14)8-9-13(2,3)4/h5-7H,8-9H2,1-4H3. The molecule has 0 saturated heterocycles. The molecule has 0 amide bonds. The van der Waals surface area contributed by atoms with Gasteiger partial charge in [0.1, 0.15) is 0 Å². The predicted molar refractivity (Wildman–Crippen MR) is 64.3 cm³/mol. The summed E-state index contributed by atoms with van der Waals surface area (Å²) in [6.45, 7) is 9.01. The summed E-state index contributed by atoms with van der Waals surface area (Å²) in [5, 5.41) is 1.27. The van der Waals surface area contributed by atoms with Gasteiger partial charge in [-0.2, -0.15) is 0 Å². The molecular weight excluding hydrogens is 184 g/mol. The monoisotopic (exact) mass is 203 g/mol. The molecule has 0 aromatic heterocycles. The SMILES string of the molecule is Cc1cccc(CCC(C)(C)C)c1[Si]. The Labute approximate surface area is 91.2 Å². The Hall–Kier alpha value is -0.563. The molecule has 0 unspecified atom stereocenters. The van der Waals surface area contributed by atoms with Crippen LogP contribution in [0, 0.1) is 12.3 Å². The zero-order chi connectivity index (χ0) is 10.8. The maximum Gasteiger partial charge on any atom is 0.0719 e. The topological polar surface area (TPSA) is 0 Å². The molecule has 0 atom stereocenters. The third-order valence-electron chi connectivity index (χ3n) is 2.50. The lowest BCUT2D eigenvalue weighted by molar-refractivity contribution is 0.378. The van der Waals surface area contributed by atoms with Gasteiger partial charge in [0, 0.05) is 0 Å². The summed E-state index contributed by atoms with van der Waals surface area (Å²) in [6.07, 6.45) is 2.39. The van der Waals surface area contributed by atoms with Crippen molar-refractivity contribution in [1.82, 2.24) is 0 Å². The van der Waals surface area contributed by atoms with Crippen LogP contribution in [0.4, 0.5) is 0 Å². The van der Waals surface area contributed by atoms with Crippen LogP contribution < -0.4 is 5.19 Å². The summed E-state index contributed by atoms with van der Waals surface area (Å²) in [7, 11) is 3.70. The summed E-state index contributed by atoms with van der Waals surface area (Å²) in [4.78, 5) is 0. The lowest BCUT2D eigenvalue weighted by Gasteiger charge is -2.19. The molecule has 0 nitrogen and oxygen atoms in total. The highest BCUT2D eigenvalue weighted by atomic mass is 28.1. The van der Waals surface area contributed by atoms with Crippen LogP contribution in [-0.4, -0.2) is 10.2 Å². The molecule has 14 heavy (non-hydrogen) atoms. The second kappa shape index (κ2) is 4.31. The third-order valence-corrected chi connectivity index (χ3v) is 3.22. The van der Waals surface area contributed by atoms with Gasteiger partial charge in [0.05, 0.1) is 10.2 Å². The molecular formula is C13H19Si. The summed E-state index contributed by atoms with van der Waals surface area (Å²) in [6, 6.07) is 6.49. The van der Waals surface area contributed by atoms with Gasteiger partial charge in [-0.05, 0) is 30.7 Å². The van der Waals surface area contributed by atoms with Crippen LogP contribution in [0.2, 0.25) is 0 Å². The van der Waals surface area contributed by atoms with Gasteiger partial charge in [-0.25, -0.2) is 0 Å². The quantitative estimate of drug-likeness (QED) is 0.648. The van der Waals surface area contributed by atoms with E-state index in [1.165, 1.54) is 22.7 Å². The number of aryl methyl sites for hydroxylation is 2. The minimum Gasteiger partial charge on any atom is -0.0617 e. The smallest absolute Gasteiger partial charge is 0.0617 e. The highest BCUT2D eigenvalue weighted by Gasteiger charge is 2.11. The molecule has 3 radical (unpaired) electrons. The van der Waals surface area contributed by atoms with E-state index in [4.69, 9.17) is 0 Å². The summed E-state index contributed by atoms with van der Waals surface area (Å²) < 4.78 is 0. The zero-order valence-electron chi connectivity index (χ0n) is 9.65. The molecule has 0 saturated carbocycles. The van der Waals surface area contributed by atoms with Crippen LogP contribution in [0.25, 0.3) is 0 Å². The van der Waals surface area contributed by atoms with Crippen molar-refractivity contribution in [3.63, 3.8) is 0 Å². The Morgan fingerprint density at radius 2 is 1.86 bits per heavy atom. The minimum absolute atomic E-state index is 0.419. The van der Waals surface area contributed by atoms with Crippen molar-refractivity contribution >= 4 is 15.4 Å². The Balaban J connectivity index is 2.73. The second-order valence-corrected chi connectivity index (χ2v) is 5.67. The maximum absolute atomic E-state index is 3.70. The first kappa shape index (κ1) is 11.5. The summed E-state index contributed by atoms with van der Waals surface area (Å²) >= 11 is 0. The van der Waals surface area contributed by atoms with Gasteiger partial charge in [0.2, 0.25) is 0 Å². The fourth-order valence-electron chi connectivity index (χ4n) is 1.45. The first-order valence-electron chi connectivity index (χ1n) is 5.20. The van der Waals surface area contributed by atoms with E-state index < -0.39 is 0 Å². The summed E-state index contributed by atoms with van der Waals surface area (Å²) in [5.41, 5.74) is 3.17. The van der Waals surface area contributed by atoms with Crippen molar-refractivity contribution in [3.8, 4) is 0 Å². The van der Waals surface area contributed by atoms with E-state index in [0.717, 1.165) is 6.42 Å². The van der Waals surface area contributed by atoms with E-state index in [1.54, 1.807) is 0 Å². The van der Waals surface area contributed by atoms with E-state index in [-0.39, 0.29) is 0 Å². The van der Waals surface area contributed by atoms with E-state index in [9.17, 15) is 0 Å². The Morgan fingerprint density at radius 3 is 2.43 bits per heavy atom. The van der Waals surface area contributed by atoms with Crippen molar-refractivity contribution in [1.29, 1.82) is 0 Å². The van der Waals surface area contributed by atoms with Gasteiger partial charge in [-0.3, -0.25) is 0 Å². The van der Waals surface area contributed by atoms with Gasteiger partial charge in [-0.15, -0.1) is 0 Å². The molecule has 0 bridgehead atoms. The van der Waals surface area contributed by atoms with Crippen LogP contribution in [0.15, 0.2) is 18.2 Å². The highest BCUT2D eigenvalue weighted by Crippen LogP contribution is 2.20. The Morgan fingerprint density at radius 1 is 1.21 bits per heavy atom. The molecule has 0 aliphatic heterocycles. The molecule has 0 aliphatic carbocycles. The Bertz CT molecular complexity index is 308. The van der Waals surface area contributed by atoms with Crippen LogP contribution in [0.1, 0.15) is 38.3 Å². The first-order chi connectivity index (χ1) is 6.40. The molecule has 0 heterocycles. The van der Waals surface area contributed by atoms with Crippen molar-refractivity contribution in [3.05, 3.63) is 29.3 Å². The third kappa shape index (κ3) is 3.30. The Kier molecular flexibility index (Phi) is 3.54. The maximum atomic E-state index is 3.70. The number of benzene rings is 1. The van der Waals surface area contributed by atoms with Crippen LogP contribution in [-0.2, 0) is 6.42 Å². The molecule has 1 heteroatoms. The van der Waals surface area contributed by atoms with Crippen LogP contribution in [0.5, 0.6) is 0 Å². The molecule has 1 rings (SSSR count).